The van der Waals surface area contributed by atoms with Gasteiger partial charge in [-0.1, -0.05) is 24.9 Å². The van der Waals surface area contributed by atoms with E-state index < -0.39 is 0 Å². The summed E-state index contributed by atoms with van der Waals surface area (Å²) in [6.45, 7) is 4.80. The second-order valence-electron chi connectivity index (χ2n) is 6.39. The molecular formula is C18H23ClN4O2. The van der Waals surface area contributed by atoms with E-state index in [1.807, 2.05) is 17.7 Å². The van der Waals surface area contributed by atoms with Crippen LogP contribution in [0.1, 0.15) is 49.9 Å². The Kier molecular flexibility index (Phi) is 5.58. The number of imidazole rings is 1. The number of esters is 1. The predicted octanol–water partition coefficient (Wildman–Crippen LogP) is 3.80. The first-order chi connectivity index (χ1) is 12.1. The molecule has 0 atom stereocenters. The number of ether oxygens (including phenoxy) is 1. The zero-order valence-electron chi connectivity index (χ0n) is 14.6. The molecule has 7 heteroatoms. The van der Waals surface area contributed by atoms with E-state index in [9.17, 15) is 4.79 Å². The second-order valence-corrected chi connectivity index (χ2v) is 6.75. The van der Waals surface area contributed by atoms with E-state index in [4.69, 9.17) is 16.3 Å². The van der Waals surface area contributed by atoms with Gasteiger partial charge in [0.05, 0.1) is 12.0 Å². The Morgan fingerprint density at radius 1 is 1.48 bits per heavy atom. The van der Waals surface area contributed by atoms with E-state index in [0.717, 1.165) is 43.5 Å². The fourth-order valence-electron chi connectivity index (χ4n) is 2.93. The lowest BCUT2D eigenvalue weighted by atomic mass is 9.89. The highest BCUT2D eigenvalue weighted by Gasteiger charge is 2.32. The molecule has 0 aromatic carbocycles. The van der Waals surface area contributed by atoms with Gasteiger partial charge in [-0.05, 0) is 19.4 Å². The van der Waals surface area contributed by atoms with Crippen LogP contribution in [0.4, 0.5) is 0 Å². The van der Waals surface area contributed by atoms with Gasteiger partial charge in [0.25, 0.3) is 0 Å². The van der Waals surface area contributed by atoms with Crippen LogP contribution >= 0.6 is 11.6 Å². The molecule has 1 fully saturated rings. The van der Waals surface area contributed by atoms with Gasteiger partial charge in [-0.15, -0.1) is 0 Å². The van der Waals surface area contributed by atoms with E-state index in [-0.39, 0.29) is 12.1 Å². The van der Waals surface area contributed by atoms with E-state index in [1.54, 1.807) is 23.3 Å². The first-order valence-corrected chi connectivity index (χ1v) is 9.05. The van der Waals surface area contributed by atoms with Crippen molar-refractivity contribution in [2.45, 2.75) is 58.2 Å². The Balaban J connectivity index is 1.52. The van der Waals surface area contributed by atoms with Crippen molar-refractivity contribution in [2.24, 2.45) is 0 Å². The molecule has 2 aromatic heterocycles. The van der Waals surface area contributed by atoms with Gasteiger partial charge in [0, 0.05) is 49.5 Å². The van der Waals surface area contributed by atoms with Crippen LogP contribution in [0.3, 0.4) is 0 Å². The summed E-state index contributed by atoms with van der Waals surface area (Å²) in [4.78, 5) is 16.1. The molecule has 6 nitrogen and oxygen atoms in total. The van der Waals surface area contributed by atoms with Crippen molar-refractivity contribution >= 4 is 23.6 Å². The van der Waals surface area contributed by atoms with Gasteiger partial charge in [-0.2, -0.15) is 5.10 Å². The van der Waals surface area contributed by atoms with Crippen molar-refractivity contribution in [3.63, 3.8) is 0 Å². The van der Waals surface area contributed by atoms with E-state index in [2.05, 4.69) is 17.0 Å². The lowest BCUT2D eigenvalue weighted by Crippen LogP contribution is -2.34. The van der Waals surface area contributed by atoms with Crippen LogP contribution in [-0.2, 0) is 16.1 Å². The largest absolute Gasteiger partial charge is 0.459 e. The number of unbranched alkanes of at least 4 members (excludes halogenated alkanes) is 1. The van der Waals surface area contributed by atoms with Gasteiger partial charge < -0.3 is 9.30 Å². The maximum atomic E-state index is 12.0. The Labute approximate surface area is 152 Å². The van der Waals surface area contributed by atoms with Crippen LogP contribution in [0.5, 0.6) is 0 Å². The highest BCUT2D eigenvalue weighted by molar-refractivity contribution is 6.31. The van der Waals surface area contributed by atoms with Crippen LogP contribution in [0, 0.1) is 6.92 Å². The third kappa shape index (κ3) is 4.12. The number of aromatic nitrogens is 4. The van der Waals surface area contributed by atoms with Crippen LogP contribution < -0.4 is 0 Å². The summed E-state index contributed by atoms with van der Waals surface area (Å²) in [5.74, 6) is -0.342. The molecular weight excluding hydrogens is 340 g/mol. The first kappa shape index (κ1) is 17.7. The molecule has 0 amide bonds. The van der Waals surface area contributed by atoms with Crippen molar-refractivity contribution in [2.75, 3.05) is 0 Å². The highest BCUT2D eigenvalue weighted by Crippen LogP contribution is 2.34. The van der Waals surface area contributed by atoms with Gasteiger partial charge in [0.1, 0.15) is 11.3 Å². The number of halogens is 1. The predicted molar refractivity (Wildman–Crippen MR) is 96.3 cm³/mol. The minimum Gasteiger partial charge on any atom is -0.459 e. The summed E-state index contributed by atoms with van der Waals surface area (Å²) in [6.07, 6.45) is 12.3. The van der Waals surface area contributed by atoms with Crippen LogP contribution in [-0.4, -0.2) is 31.4 Å². The Morgan fingerprint density at radius 3 is 2.96 bits per heavy atom. The van der Waals surface area contributed by atoms with Crippen molar-refractivity contribution in [1.82, 2.24) is 19.3 Å². The number of aryl methyl sites for hydroxylation is 2. The number of nitrogens with zero attached hydrogens (tertiary/aromatic N) is 4. The smallest absolute Gasteiger partial charge is 0.331 e. The van der Waals surface area contributed by atoms with Crippen molar-refractivity contribution in [3.8, 4) is 0 Å². The summed E-state index contributed by atoms with van der Waals surface area (Å²) in [5, 5.41) is 4.99. The number of carbonyl (C=O) groups excluding carboxylic acids is 1. The molecule has 1 aliphatic carbocycles. The summed E-state index contributed by atoms with van der Waals surface area (Å²) in [5.41, 5.74) is 1.59. The summed E-state index contributed by atoms with van der Waals surface area (Å²) >= 11 is 6.36. The number of rotatable bonds is 7. The molecule has 1 saturated carbocycles. The number of carbonyl (C=O) groups is 1. The topological polar surface area (TPSA) is 61.9 Å². The maximum absolute atomic E-state index is 12.0. The molecule has 0 bridgehead atoms. The molecule has 134 valence electrons. The monoisotopic (exact) mass is 362 g/mol. The standard InChI is InChI=1S/C18H23ClN4O2/c1-3-4-8-23-18(19)16(13(2)21-23)5-6-17(24)25-15-10-14(11-15)22-9-7-20-12-22/h5-7,9,12,14-15H,3-4,8,10-11H2,1-2H3/b6-5+. The lowest BCUT2D eigenvalue weighted by molar-refractivity contribution is -0.148. The van der Waals surface area contributed by atoms with Gasteiger partial charge in [0.2, 0.25) is 0 Å². The average Bonchev–Trinajstić information content (AvgIpc) is 3.16. The zero-order chi connectivity index (χ0) is 17.8. The van der Waals surface area contributed by atoms with Gasteiger partial charge in [-0.3, -0.25) is 4.68 Å². The lowest BCUT2D eigenvalue weighted by Gasteiger charge is -2.35. The zero-order valence-corrected chi connectivity index (χ0v) is 15.3. The molecule has 0 N–H and O–H groups in total. The average molecular weight is 363 g/mol. The second kappa shape index (κ2) is 7.87. The minimum atomic E-state index is -0.342. The fourth-order valence-corrected chi connectivity index (χ4v) is 3.25. The fraction of sp³-hybridized carbons (Fsp3) is 0.500. The van der Waals surface area contributed by atoms with E-state index in [1.165, 1.54) is 6.08 Å². The van der Waals surface area contributed by atoms with Gasteiger partial charge in [0.15, 0.2) is 0 Å². The molecule has 0 radical (unpaired) electrons. The minimum absolute atomic E-state index is 0.0339. The van der Waals surface area contributed by atoms with Gasteiger partial charge in [-0.25, -0.2) is 9.78 Å². The van der Waals surface area contributed by atoms with E-state index >= 15 is 0 Å². The molecule has 25 heavy (non-hydrogen) atoms. The molecule has 2 heterocycles. The Hall–Kier alpha value is -2.08. The normalized spacial score (nSPS) is 20.0. The van der Waals surface area contributed by atoms with E-state index in [0.29, 0.717) is 11.2 Å². The van der Waals surface area contributed by atoms with Crippen LogP contribution in [0.25, 0.3) is 6.08 Å². The SMILES string of the molecule is CCCCn1nc(C)c(/C=C/C(=O)OC2CC(n3ccnc3)C2)c1Cl. The molecule has 3 rings (SSSR count). The molecule has 0 spiro atoms. The number of hydrogen-bond donors (Lipinski definition) is 0. The molecule has 0 unspecified atom stereocenters. The van der Waals surface area contributed by atoms with Gasteiger partial charge >= 0.3 is 5.97 Å². The van der Waals surface area contributed by atoms with Crippen molar-refractivity contribution in [3.05, 3.63) is 41.2 Å². The first-order valence-electron chi connectivity index (χ1n) is 8.67. The third-order valence-electron chi connectivity index (χ3n) is 4.52. The van der Waals surface area contributed by atoms with Crippen molar-refractivity contribution < 1.29 is 9.53 Å². The number of hydrogen-bond acceptors (Lipinski definition) is 4. The molecule has 2 aromatic rings. The molecule has 0 saturated heterocycles. The van der Waals surface area contributed by atoms with Crippen molar-refractivity contribution in [1.29, 1.82) is 0 Å². The summed E-state index contributed by atoms with van der Waals surface area (Å²) in [6, 6.07) is 0.373. The maximum Gasteiger partial charge on any atom is 0.331 e. The molecule has 0 aliphatic heterocycles. The highest BCUT2D eigenvalue weighted by atomic mass is 35.5. The van der Waals surface area contributed by atoms with Crippen LogP contribution in [0.2, 0.25) is 5.15 Å². The quantitative estimate of drug-likeness (QED) is 0.555. The third-order valence-corrected chi connectivity index (χ3v) is 4.92. The summed E-state index contributed by atoms with van der Waals surface area (Å²) < 4.78 is 9.29. The van der Waals surface area contributed by atoms with Crippen LogP contribution in [0.15, 0.2) is 24.8 Å². The molecule has 1 aliphatic rings. The Morgan fingerprint density at radius 2 is 2.28 bits per heavy atom. The summed E-state index contributed by atoms with van der Waals surface area (Å²) in [7, 11) is 0. The Bertz CT molecular complexity index is 745.